The minimum absolute atomic E-state index is 0.123. The summed E-state index contributed by atoms with van der Waals surface area (Å²) in [4.78, 5) is 16.0. The van der Waals surface area contributed by atoms with Crippen molar-refractivity contribution in [2.45, 2.75) is 6.92 Å². The minimum atomic E-state index is -0.381. The van der Waals surface area contributed by atoms with Crippen LogP contribution < -0.4 is 11.1 Å². The first-order valence-corrected chi connectivity index (χ1v) is 6.70. The van der Waals surface area contributed by atoms with Crippen LogP contribution in [-0.4, -0.2) is 10.9 Å². The summed E-state index contributed by atoms with van der Waals surface area (Å²) < 4.78 is 0. The normalized spacial score (nSPS) is 10.4. The van der Waals surface area contributed by atoms with E-state index in [0.29, 0.717) is 27.5 Å². The molecule has 1 amide bonds. The third-order valence-electron chi connectivity index (χ3n) is 2.56. The SMILES string of the molecule is Cc1cc(Cl)nc(Cl)c1NC(=O)c1cc(N)cc(Cl)c1. The Balaban J connectivity index is 2.32. The van der Waals surface area contributed by atoms with Crippen LogP contribution in [0.15, 0.2) is 24.3 Å². The fourth-order valence-electron chi connectivity index (χ4n) is 1.67. The number of aromatic nitrogens is 1. The largest absolute Gasteiger partial charge is 0.399 e. The zero-order chi connectivity index (χ0) is 14.9. The fourth-order valence-corrected chi connectivity index (χ4v) is 2.50. The number of amides is 1. The van der Waals surface area contributed by atoms with Crippen LogP contribution in [0.3, 0.4) is 0 Å². The fraction of sp³-hybridized carbons (Fsp3) is 0.0769. The molecular formula is C13H10Cl3N3O. The van der Waals surface area contributed by atoms with Gasteiger partial charge in [0.25, 0.3) is 5.91 Å². The van der Waals surface area contributed by atoms with Crippen LogP contribution in [0.5, 0.6) is 0 Å². The van der Waals surface area contributed by atoms with Gasteiger partial charge in [-0.15, -0.1) is 0 Å². The highest BCUT2D eigenvalue weighted by Gasteiger charge is 2.13. The molecule has 0 atom stereocenters. The van der Waals surface area contributed by atoms with E-state index in [-0.39, 0.29) is 16.2 Å². The zero-order valence-corrected chi connectivity index (χ0v) is 12.6. The molecule has 0 saturated heterocycles. The van der Waals surface area contributed by atoms with Gasteiger partial charge in [-0.1, -0.05) is 34.8 Å². The van der Waals surface area contributed by atoms with Crippen molar-refractivity contribution in [1.29, 1.82) is 0 Å². The van der Waals surface area contributed by atoms with Gasteiger partial charge in [0, 0.05) is 16.3 Å². The molecule has 0 radical (unpaired) electrons. The van der Waals surface area contributed by atoms with Gasteiger partial charge in [0.05, 0.1) is 5.69 Å². The average molecular weight is 331 g/mol. The van der Waals surface area contributed by atoms with E-state index in [1.165, 1.54) is 12.1 Å². The molecule has 0 saturated carbocycles. The number of anilines is 2. The monoisotopic (exact) mass is 329 g/mol. The molecule has 0 unspecified atom stereocenters. The summed E-state index contributed by atoms with van der Waals surface area (Å²) in [5, 5.41) is 3.44. The van der Waals surface area contributed by atoms with Crippen LogP contribution >= 0.6 is 34.8 Å². The molecule has 0 bridgehead atoms. The lowest BCUT2D eigenvalue weighted by atomic mass is 10.1. The standard InChI is InChI=1S/C13H10Cl3N3O/c1-6-2-10(15)18-12(16)11(6)19-13(20)7-3-8(14)5-9(17)4-7/h2-5H,17H2,1H3,(H,19,20). The maximum Gasteiger partial charge on any atom is 0.255 e. The van der Waals surface area contributed by atoms with Crippen LogP contribution in [0.2, 0.25) is 15.3 Å². The summed E-state index contributed by atoms with van der Waals surface area (Å²) in [6.45, 7) is 1.77. The van der Waals surface area contributed by atoms with Gasteiger partial charge >= 0.3 is 0 Å². The first-order valence-electron chi connectivity index (χ1n) is 5.57. The molecule has 0 spiro atoms. The Hall–Kier alpha value is -1.49. The highest BCUT2D eigenvalue weighted by molar-refractivity contribution is 6.35. The van der Waals surface area contributed by atoms with E-state index in [4.69, 9.17) is 40.5 Å². The lowest BCUT2D eigenvalue weighted by Crippen LogP contribution is -2.14. The lowest BCUT2D eigenvalue weighted by molar-refractivity contribution is 0.102. The number of hydrogen-bond acceptors (Lipinski definition) is 3. The first kappa shape index (κ1) is 14.9. The van der Waals surface area contributed by atoms with Crippen molar-refractivity contribution in [3.8, 4) is 0 Å². The Kier molecular flexibility index (Phi) is 4.38. The molecule has 2 rings (SSSR count). The van der Waals surface area contributed by atoms with Crippen molar-refractivity contribution in [1.82, 2.24) is 4.98 Å². The lowest BCUT2D eigenvalue weighted by Gasteiger charge is -2.10. The van der Waals surface area contributed by atoms with Gasteiger partial charge in [0.15, 0.2) is 5.15 Å². The van der Waals surface area contributed by atoms with E-state index in [1.54, 1.807) is 19.1 Å². The predicted octanol–water partition coefficient (Wildman–Crippen LogP) is 4.18. The third kappa shape index (κ3) is 3.33. The number of halogens is 3. The van der Waals surface area contributed by atoms with Gasteiger partial charge in [0.1, 0.15) is 5.15 Å². The van der Waals surface area contributed by atoms with Crippen LogP contribution in [0.4, 0.5) is 11.4 Å². The number of pyridine rings is 1. The molecule has 1 aromatic heterocycles. The third-order valence-corrected chi connectivity index (χ3v) is 3.25. The van der Waals surface area contributed by atoms with Crippen LogP contribution in [0.1, 0.15) is 15.9 Å². The highest BCUT2D eigenvalue weighted by atomic mass is 35.5. The molecule has 0 aliphatic rings. The van der Waals surface area contributed by atoms with E-state index >= 15 is 0 Å². The van der Waals surface area contributed by atoms with Gasteiger partial charge in [-0.05, 0) is 36.8 Å². The number of nitrogens with two attached hydrogens (primary N) is 1. The molecule has 0 fully saturated rings. The molecule has 104 valence electrons. The summed E-state index contributed by atoms with van der Waals surface area (Å²) in [6, 6.07) is 6.20. The summed E-state index contributed by atoms with van der Waals surface area (Å²) in [5.74, 6) is -0.381. The summed E-state index contributed by atoms with van der Waals surface area (Å²) >= 11 is 17.6. The van der Waals surface area contributed by atoms with Gasteiger partial charge in [-0.2, -0.15) is 0 Å². The Bertz CT molecular complexity index is 645. The highest BCUT2D eigenvalue weighted by Crippen LogP contribution is 2.27. The topological polar surface area (TPSA) is 68.0 Å². The Morgan fingerprint density at radius 3 is 2.50 bits per heavy atom. The van der Waals surface area contributed by atoms with E-state index in [1.807, 2.05) is 0 Å². The number of carbonyl (C=O) groups excluding carboxylic acids is 1. The van der Waals surface area contributed by atoms with Crippen molar-refractivity contribution in [2.24, 2.45) is 0 Å². The second kappa shape index (κ2) is 5.87. The summed E-state index contributed by atoms with van der Waals surface area (Å²) in [6.07, 6.45) is 0. The average Bonchev–Trinajstić information content (AvgIpc) is 2.32. The van der Waals surface area contributed by atoms with E-state index < -0.39 is 0 Å². The first-order chi connectivity index (χ1) is 9.36. The van der Waals surface area contributed by atoms with Crippen LogP contribution in [0.25, 0.3) is 0 Å². The molecular weight excluding hydrogens is 321 g/mol. The number of hydrogen-bond donors (Lipinski definition) is 2. The quantitative estimate of drug-likeness (QED) is 0.641. The van der Waals surface area contributed by atoms with Gasteiger partial charge in [-0.25, -0.2) is 4.98 Å². The van der Waals surface area contributed by atoms with Crippen molar-refractivity contribution in [3.05, 3.63) is 50.7 Å². The minimum Gasteiger partial charge on any atom is -0.399 e. The Morgan fingerprint density at radius 2 is 1.90 bits per heavy atom. The second-order valence-electron chi connectivity index (χ2n) is 4.16. The molecule has 20 heavy (non-hydrogen) atoms. The number of carbonyl (C=O) groups is 1. The molecule has 1 heterocycles. The number of benzene rings is 1. The Labute approximate surface area is 130 Å². The van der Waals surface area contributed by atoms with Crippen molar-refractivity contribution >= 4 is 52.1 Å². The maximum atomic E-state index is 12.2. The molecule has 3 N–H and O–H groups in total. The molecule has 4 nitrogen and oxygen atoms in total. The van der Waals surface area contributed by atoms with Gasteiger partial charge in [-0.3, -0.25) is 4.79 Å². The second-order valence-corrected chi connectivity index (χ2v) is 5.34. The van der Waals surface area contributed by atoms with E-state index in [0.717, 1.165) is 0 Å². The smallest absolute Gasteiger partial charge is 0.255 e. The summed E-state index contributed by atoms with van der Waals surface area (Å²) in [7, 11) is 0. The Morgan fingerprint density at radius 1 is 1.20 bits per heavy atom. The van der Waals surface area contributed by atoms with Crippen molar-refractivity contribution in [2.75, 3.05) is 11.1 Å². The number of nitrogen functional groups attached to an aromatic ring is 1. The maximum absolute atomic E-state index is 12.2. The molecule has 0 aliphatic heterocycles. The van der Waals surface area contributed by atoms with Crippen LogP contribution in [-0.2, 0) is 0 Å². The van der Waals surface area contributed by atoms with Crippen molar-refractivity contribution in [3.63, 3.8) is 0 Å². The molecule has 7 heteroatoms. The molecule has 0 aliphatic carbocycles. The molecule has 1 aromatic carbocycles. The van der Waals surface area contributed by atoms with Gasteiger partial charge < -0.3 is 11.1 Å². The number of rotatable bonds is 2. The van der Waals surface area contributed by atoms with Crippen molar-refractivity contribution < 1.29 is 4.79 Å². The van der Waals surface area contributed by atoms with Crippen LogP contribution in [0, 0.1) is 6.92 Å². The van der Waals surface area contributed by atoms with E-state index in [9.17, 15) is 4.79 Å². The number of aryl methyl sites for hydroxylation is 1. The zero-order valence-electron chi connectivity index (χ0n) is 10.4. The van der Waals surface area contributed by atoms with Gasteiger partial charge in [0.2, 0.25) is 0 Å². The predicted molar refractivity (Wildman–Crippen MR) is 82.8 cm³/mol. The number of nitrogens with zero attached hydrogens (tertiary/aromatic N) is 1. The number of nitrogens with one attached hydrogen (secondary N) is 1. The summed E-state index contributed by atoms with van der Waals surface area (Å²) in [5.41, 5.74) is 7.50. The molecule has 2 aromatic rings. The van der Waals surface area contributed by atoms with E-state index in [2.05, 4.69) is 10.3 Å².